The molecule has 0 amide bonds. The first-order valence-corrected chi connectivity index (χ1v) is 6.24. The van der Waals surface area contributed by atoms with Crippen LogP contribution in [0.2, 0.25) is 0 Å². The van der Waals surface area contributed by atoms with Crippen LogP contribution in [0.15, 0.2) is 42.5 Å². The third kappa shape index (κ3) is 3.56. The van der Waals surface area contributed by atoms with E-state index in [1.807, 2.05) is 31.2 Å². The van der Waals surface area contributed by atoms with E-state index in [4.69, 9.17) is 10.5 Å². The molecule has 2 aromatic carbocycles. The standard InChI is InChI=1S/C15H14N2O4/c1-10-3-2-4-11(7-10)9-21-15(18)12-5-6-13(16)14(8-12)17(19)20/h2-8H,9,16H2,1H3. The molecule has 0 aliphatic carbocycles. The van der Waals surface area contributed by atoms with Crippen molar-refractivity contribution in [3.8, 4) is 0 Å². The molecule has 0 radical (unpaired) electrons. The predicted octanol–water partition coefficient (Wildman–Crippen LogP) is 2.84. The summed E-state index contributed by atoms with van der Waals surface area (Å²) in [4.78, 5) is 22.1. The highest BCUT2D eigenvalue weighted by atomic mass is 16.6. The molecule has 108 valence electrons. The van der Waals surface area contributed by atoms with Crippen LogP contribution in [0.25, 0.3) is 0 Å². The number of anilines is 1. The van der Waals surface area contributed by atoms with Crippen LogP contribution in [-0.4, -0.2) is 10.9 Å². The Balaban J connectivity index is 2.10. The highest BCUT2D eigenvalue weighted by molar-refractivity contribution is 5.91. The fraction of sp³-hybridized carbons (Fsp3) is 0.133. The van der Waals surface area contributed by atoms with E-state index in [9.17, 15) is 14.9 Å². The third-order valence-electron chi connectivity index (χ3n) is 2.92. The molecule has 6 heteroatoms. The predicted molar refractivity (Wildman–Crippen MR) is 77.8 cm³/mol. The number of nitrogen functional groups attached to an aromatic ring is 1. The fourth-order valence-corrected chi connectivity index (χ4v) is 1.86. The van der Waals surface area contributed by atoms with E-state index in [1.54, 1.807) is 0 Å². The van der Waals surface area contributed by atoms with Gasteiger partial charge in [0.1, 0.15) is 12.3 Å². The maximum absolute atomic E-state index is 11.9. The Morgan fingerprint density at radius 2 is 2.05 bits per heavy atom. The first kappa shape index (κ1) is 14.5. The van der Waals surface area contributed by atoms with Crippen molar-refractivity contribution in [2.24, 2.45) is 0 Å². The smallest absolute Gasteiger partial charge is 0.338 e. The Bertz CT molecular complexity index is 698. The minimum absolute atomic E-state index is 0.00948. The van der Waals surface area contributed by atoms with Crippen molar-refractivity contribution < 1.29 is 14.5 Å². The number of nitrogens with two attached hydrogens (primary N) is 1. The summed E-state index contributed by atoms with van der Waals surface area (Å²) in [6.45, 7) is 2.05. The zero-order valence-electron chi connectivity index (χ0n) is 11.4. The number of esters is 1. The quantitative estimate of drug-likeness (QED) is 0.403. The average molecular weight is 286 g/mol. The lowest BCUT2D eigenvalue weighted by Gasteiger charge is -2.06. The molecule has 0 atom stereocenters. The molecular formula is C15H14N2O4. The molecule has 21 heavy (non-hydrogen) atoms. The molecule has 0 unspecified atom stereocenters. The number of carbonyl (C=O) groups excluding carboxylic acids is 1. The number of hydrogen-bond donors (Lipinski definition) is 1. The van der Waals surface area contributed by atoms with Crippen LogP contribution >= 0.6 is 0 Å². The summed E-state index contributed by atoms with van der Waals surface area (Å²) in [5.41, 5.74) is 7.20. The summed E-state index contributed by atoms with van der Waals surface area (Å²) in [5.74, 6) is -0.625. The van der Waals surface area contributed by atoms with Gasteiger partial charge in [-0.3, -0.25) is 10.1 Å². The molecule has 2 rings (SSSR count). The summed E-state index contributed by atoms with van der Waals surface area (Å²) in [6.07, 6.45) is 0. The Hall–Kier alpha value is -2.89. The van der Waals surface area contributed by atoms with Crippen molar-refractivity contribution in [1.29, 1.82) is 0 Å². The number of benzene rings is 2. The average Bonchev–Trinajstić information content (AvgIpc) is 2.45. The van der Waals surface area contributed by atoms with Gasteiger partial charge in [-0.2, -0.15) is 0 Å². The lowest BCUT2D eigenvalue weighted by molar-refractivity contribution is -0.383. The van der Waals surface area contributed by atoms with Gasteiger partial charge in [-0.1, -0.05) is 29.8 Å². The fourth-order valence-electron chi connectivity index (χ4n) is 1.86. The summed E-state index contributed by atoms with van der Waals surface area (Å²) >= 11 is 0. The molecule has 0 aliphatic rings. The summed E-state index contributed by atoms with van der Waals surface area (Å²) in [7, 11) is 0. The molecule has 0 aromatic heterocycles. The summed E-state index contributed by atoms with van der Waals surface area (Å²) in [6, 6.07) is 11.4. The van der Waals surface area contributed by atoms with E-state index in [2.05, 4.69) is 0 Å². The Morgan fingerprint density at radius 1 is 1.29 bits per heavy atom. The molecule has 0 fully saturated rings. The highest BCUT2D eigenvalue weighted by Gasteiger charge is 2.16. The molecule has 0 bridgehead atoms. The van der Waals surface area contributed by atoms with Crippen molar-refractivity contribution in [3.05, 3.63) is 69.3 Å². The largest absolute Gasteiger partial charge is 0.457 e. The second-order valence-electron chi connectivity index (χ2n) is 4.60. The van der Waals surface area contributed by atoms with E-state index in [0.29, 0.717) is 0 Å². The Kier molecular flexibility index (Phi) is 4.18. The SMILES string of the molecule is Cc1cccc(COC(=O)c2ccc(N)c([N+](=O)[O-])c2)c1. The maximum Gasteiger partial charge on any atom is 0.338 e. The molecule has 0 saturated heterocycles. The van der Waals surface area contributed by atoms with Crippen molar-refractivity contribution >= 4 is 17.3 Å². The van der Waals surface area contributed by atoms with E-state index in [-0.39, 0.29) is 23.5 Å². The van der Waals surface area contributed by atoms with Gasteiger partial charge in [0.25, 0.3) is 5.69 Å². The van der Waals surface area contributed by atoms with E-state index >= 15 is 0 Å². The van der Waals surface area contributed by atoms with Crippen LogP contribution < -0.4 is 5.73 Å². The van der Waals surface area contributed by atoms with Gasteiger partial charge in [-0.15, -0.1) is 0 Å². The van der Waals surface area contributed by atoms with Gasteiger partial charge in [0.05, 0.1) is 10.5 Å². The van der Waals surface area contributed by atoms with E-state index in [1.165, 1.54) is 12.1 Å². The monoisotopic (exact) mass is 286 g/mol. The number of aryl methyl sites for hydroxylation is 1. The van der Waals surface area contributed by atoms with Gasteiger partial charge in [-0.05, 0) is 24.6 Å². The molecule has 2 aromatic rings. The lowest BCUT2D eigenvalue weighted by Crippen LogP contribution is -2.07. The number of nitro benzene ring substituents is 1. The van der Waals surface area contributed by atoms with E-state index < -0.39 is 10.9 Å². The first-order chi connectivity index (χ1) is 9.97. The van der Waals surface area contributed by atoms with Crippen LogP contribution in [0, 0.1) is 17.0 Å². The van der Waals surface area contributed by atoms with Gasteiger partial charge in [0.15, 0.2) is 0 Å². The second kappa shape index (κ2) is 6.04. The van der Waals surface area contributed by atoms with Crippen LogP contribution in [-0.2, 0) is 11.3 Å². The van der Waals surface area contributed by atoms with Gasteiger partial charge in [-0.25, -0.2) is 4.79 Å². The van der Waals surface area contributed by atoms with Crippen molar-refractivity contribution in [3.63, 3.8) is 0 Å². The van der Waals surface area contributed by atoms with Crippen LogP contribution in [0.3, 0.4) is 0 Å². The highest BCUT2D eigenvalue weighted by Crippen LogP contribution is 2.22. The van der Waals surface area contributed by atoms with Gasteiger partial charge < -0.3 is 10.5 Å². The zero-order chi connectivity index (χ0) is 15.4. The molecule has 0 heterocycles. The maximum atomic E-state index is 11.9. The van der Waals surface area contributed by atoms with Crippen LogP contribution in [0.5, 0.6) is 0 Å². The molecule has 0 aliphatic heterocycles. The number of ether oxygens (including phenoxy) is 1. The number of nitro groups is 1. The number of nitrogens with zero attached hydrogens (tertiary/aromatic N) is 1. The third-order valence-corrected chi connectivity index (χ3v) is 2.92. The van der Waals surface area contributed by atoms with E-state index in [0.717, 1.165) is 17.2 Å². The minimum atomic E-state index is -0.632. The van der Waals surface area contributed by atoms with Crippen molar-refractivity contribution in [1.82, 2.24) is 0 Å². The lowest BCUT2D eigenvalue weighted by atomic mass is 10.1. The number of hydrogen-bond acceptors (Lipinski definition) is 5. The number of rotatable bonds is 4. The van der Waals surface area contributed by atoms with Gasteiger partial charge in [0, 0.05) is 6.07 Å². The Morgan fingerprint density at radius 3 is 2.71 bits per heavy atom. The molecule has 2 N–H and O–H groups in total. The zero-order valence-corrected chi connectivity index (χ0v) is 11.4. The van der Waals surface area contributed by atoms with Crippen molar-refractivity contribution in [2.75, 3.05) is 5.73 Å². The topological polar surface area (TPSA) is 95.5 Å². The molecular weight excluding hydrogens is 272 g/mol. The Labute approximate surface area is 121 Å². The first-order valence-electron chi connectivity index (χ1n) is 6.24. The molecule has 0 saturated carbocycles. The summed E-state index contributed by atoms with van der Waals surface area (Å²) < 4.78 is 5.14. The second-order valence-corrected chi connectivity index (χ2v) is 4.60. The van der Waals surface area contributed by atoms with Gasteiger partial charge in [0.2, 0.25) is 0 Å². The summed E-state index contributed by atoms with van der Waals surface area (Å²) in [5, 5.41) is 10.8. The van der Waals surface area contributed by atoms with Crippen LogP contribution in [0.1, 0.15) is 21.5 Å². The van der Waals surface area contributed by atoms with Crippen LogP contribution in [0.4, 0.5) is 11.4 Å². The van der Waals surface area contributed by atoms with Crippen molar-refractivity contribution in [2.45, 2.75) is 13.5 Å². The normalized spacial score (nSPS) is 10.1. The number of carbonyl (C=O) groups is 1. The van der Waals surface area contributed by atoms with Gasteiger partial charge >= 0.3 is 5.97 Å². The molecule has 6 nitrogen and oxygen atoms in total. The minimum Gasteiger partial charge on any atom is -0.457 e. The molecule has 0 spiro atoms.